The van der Waals surface area contributed by atoms with Crippen LogP contribution in [0.2, 0.25) is 0 Å². The number of hydrogen-bond donors (Lipinski definition) is 1. The van der Waals surface area contributed by atoms with E-state index in [0.29, 0.717) is 5.92 Å². The van der Waals surface area contributed by atoms with E-state index in [1.165, 1.54) is 0 Å². The summed E-state index contributed by atoms with van der Waals surface area (Å²) in [4.78, 5) is 11.3. The second-order valence-electron chi connectivity index (χ2n) is 3.25. The largest absolute Gasteiger partial charge is 0.330 e. The van der Waals surface area contributed by atoms with Crippen LogP contribution in [0.5, 0.6) is 0 Å². The van der Waals surface area contributed by atoms with Gasteiger partial charge in [0.05, 0.1) is 0 Å². The van der Waals surface area contributed by atoms with Gasteiger partial charge in [-0.2, -0.15) is 0 Å². The second kappa shape index (κ2) is 4.29. The molecule has 2 heteroatoms. The van der Waals surface area contributed by atoms with Gasteiger partial charge in [-0.3, -0.25) is 4.79 Å². The fourth-order valence-corrected chi connectivity index (χ4v) is 1.14. The lowest BCUT2D eigenvalue weighted by Crippen LogP contribution is -2.23. The molecule has 68 valence electrons. The number of allylic oxidation sites excluding steroid dienone is 2. The van der Waals surface area contributed by atoms with E-state index in [1.54, 1.807) is 0 Å². The van der Waals surface area contributed by atoms with E-state index in [9.17, 15) is 4.79 Å². The minimum Gasteiger partial charge on any atom is -0.330 e. The molecule has 1 aliphatic rings. The van der Waals surface area contributed by atoms with Crippen molar-refractivity contribution in [3.05, 3.63) is 11.8 Å². The van der Waals surface area contributed by atoms with E-state index in [4.69, 9.17) is 0 Å². The molecule has 0 spiro atoms. The van der Waals surface area contributed by atoms with Crippen molar-refractivity contribution in [1.82, 2.24) is 5.32 Å². The van der Waals surface area contributed by atoms with Crippen molar-refractivity contribution in [1.29, 1.82) is 0 Å². The number of carbonyl (C=O) groups is 1. The number of carbonyl (C=O) groups excluding carboxylic acids is 1. The number of nitrogens with one attached hydrogen (secondary N) is 1. The molecule has 0 heterocycles. The lowest BCUT2D eigenvalue weighted by atomic mass is 10.2. The van der Waals surface area contributed by atoms with Gasteiger partial charge in [0.2, 0.25) is 5.91 Å². The zero-order chi connectivity index (χ0) is 8.97. The van der Waals surface area contributed by atoms with E-state index in [2.05, 4.69) is 25.2 Å². The highest BCUT2D eigenvalue weighted by Gasteiger charge is 2.29. The van der Waals surface area contributed by atoms with E-state index < -0.39 is 0 Å². The molecule has 0 aliphatic heterocycles. The van der Waals surface area contributed by atoms with Gasteiger partial charge in [0.15, 0.2) is 0 Å². The van der Waals surface area contributed by atoms with Gasteiger partial charge in [-0.1, -0.05) is 19.9 Å². The zero-order valence-electron chi connectivity index (χ0n) is 7.89. The maximum Gasteiger partial charge on any atom is 0.227 e. The summed E-state index contributed by atoms with van der Waals surface area (Å²) in [6, 6.07) is 0. The van der Waals surface area contributed by atoms with Crippen molar-refractivity contribution in [3.8, 4) is 0 Å². The quantitative estimate of drug-likeness (QED) is 0.683. The third-order valence-electron chi connectivity index (χ3n) is 2.06. The fourth-order valence-electron chi connectivity index (χ4n) is 1.14. The summed E-state index contributed by atoms with van der Waals surface area (Å²) in [5, 5.41) is 2.95. The normalized spacial score (nSPS) is 17.7. The Labute approximate surface area is 74.0 Å². The summed E-state index contributed by atoms with van der Waals surface area (Å²) >= 11 is 0. The maximum atomic E-state index is 11.3. The lowest BCUT2D eigenvalue weighted by Gasteiger charge is -2.05. The van der Waals surface area contributed by atoms with Crippen LogP contribution in [0.4, 0.5) is 0 Å². The van der Waals surface area contributed by atoms with Gasteiger partial charge < -0.3 is 5.32 Å². The Morgan fingerprint density at radius 3 is 2.58 bits per heavy atom. The van der Waals surface area contributed by atoms with Crippen LogP contribution in [0, 0.1) is 5.92 Å². The Morgan fingerprint density at radius 2 is 2.17 bits per heavy atom. The van der Waals surface area contributed by atoms with Gasteiger partial charge in [-0.25, -0.2) is 0 Å². The van der Waals surface area contributed by atoms with Crippen molar-refractivity contribution in [2.24, 2.45) is 5.92 Å². The predicted molar refractivity (Wildman–Crippen MR) is 49.5 cm³/mol. The Kier molecular flexibility index (Phi) is 3.32. The zero-order valence-corrected chi connectivity index (χ0v) is 7.89. The first kappa shape index (κ1) is 9.30. The highest BCUT2D eigenvalue weighted by Crippen LogP contribution is 2.29. The standard InChI is InChI=1S/C10H17NO/c1-3-5-9(4-2)11-10(12)8-6-7-8/h5,8H,3-4,6-7H2,1-2H3,(H,11,12)/b9-5+. The van der Waals surface area contributed by atoms with Crippen LogP contribution < -0.4 is 5.32 Å². The SMILES string of the molecule is CC/C=C(\CC)NC(=O)C1CC1. The van der Waals surface area contributed by atoms with Gasteiger partial charge in [-0.05, 0) is 25.7 Å². The first-order valence-electron chi connectivity index (χ1n) is 4.77. The van der Waals surface area contributed by atoms with Crippen LogP contribution in [-0.2, 0) is 4.79 Å². The Bertz CT molecular complexity index is 192. The van der Waals surface area contributed by atoms with Crippen LogP contribution in [0.15, 0.2) is 11.8 Å². The molecule has 1 N–H and O–H groups in total. The van der Waals surface area contributed by atoms with Crippen molar-refractivity contribution in [2.75, 3.05) is 0 Å². The Balaban J connectivity index is 2.35. The van der Waals surface area contributed by atoms with Gasteiger partial charge >= 0.3 is 0 Å². The Morgan fingerprint density at radius 1 is 1.50 bits per heavy atom. The van der Waals surface area contributed by atoms with Crippen LogP contribution >= 0.6 is 0 Å². The van der Waals surface area contributed by atoms with Crippen LogP contribution in [0.25, 0.3) is 0 Å². The molecule has 1 amide bonds. The van der Waals surface area contributed by atoms with Gasteiger partial charge in [0.1, 0.15) is 0 Å². The first-order valence-corrected chi connectivity index (χ1v) is 4.77. The number of amides is 1. The molecule has 0 unspecified atom stereocenters. The molecule has 0 atom stereocenters. The molecular weight excluding hydrogens is 150 g/mol. The number of rotatable bonds is 4. The second-order valence-corrected chi connectivity index (χ2v) is 3.25. The summed E-state index contributed by atoms with van der Waals surface area (Å²) < 4.78 is 0. The van der Waals surface area contributed by atoms with Crippen LogP contribution in [0.3, 0.4) is 0 Å². The van der Waals surface area contributed by atoms with Crippen molar-refractivity contribution in [2.45, 2.75) is 39.5 Å². The monoisotopic (exact) mass is 167 g/mol. The highest BCUT2D eigenvalue weighted by atomic mass is 16.2. The van der Waals surface area contributed by atoms with Crippen molar-refractivity contribution in [3.63, 3.8) is 0 Å². The summed E-state index contributed by atoms with van der Waals surface area (Å²) in [6.45, 7) is 4.15. The lowest BCUT2D eigenvalue weighted by molar-refractivity contribution is -0.121. The molecule has 1 fully saturated rings. The van der Waals surface area contributed by atoms with E-state index in [-0.39, 0.29) is 5.91 Å². The molecule has 1 saturated carbocycles. The molecule has 0 saturated heterocycles. The van der Waals surface area contributed by atoms with Gasteiger partial charge in [-0.15, -0.1) is 0 Å². The van der Waals surface area contributed by atoms with Crippen molar-refractivity contribution < 1.29 is 4.79 Å². The fraction of sp³-hybridized carbons (Fsp3) is 0.700. The minimum atomic E-state index is 0.219. The third-order valence-corrected chi connectivity index (χ3v) is 2.06. The van der Waals surface area contributed by atoms with Crippen molar-refractivity contribution >= 4 is 5.91 Å². The molecular formula is C10H17NO. The van der Waals surface area contributed by atoms with Crippen LogP contribution in [-0.4, -0.2) is 5.91 Å². The minimum absolute atomic E-state index is 0.219. The molecule has 1 rings (SSSR count). The maximum absolute atomic E-state index is 11.3. The topological polar surface area (TPSA) is 29.1 Å². The smallest absolute Gasteiger partial charge is 0.227 e. The first-order chi connectivity index (χ1) is 5.77. The van der Waals surface area contributed by atoms with E-state index in [1.807, 2.05) is 0 Å². The van der Waals surface area contributed by atoms with Crippen LogP contribution in [0.1, 0.15) is 39.5 Å². The Hall–Kier alpha value is -0.790. The molecule has 12 heavy (non-hydrogen) atoms. The molecule has 1 aliphatic carbocycles. The predicted octanol–water partition coefficient (Wildman–Crippen LogP) is 2.22. The highest BCUT2D eigenvalue weighted by molar-refractivity contribution is 5.82. The molecule has 0 radical (unpaired) electrons. The van der Waals surface area contributed by atoms with Gasteiger partial charge in [0.25, 0.3) is 0 Å². The molecule has 2 nitrogen and oxygen atoms in total. The molecule has 0 aromatic heterocycles. The average Bonchev–Trinajstić information content (AvgIpc) is 2.85. The summed E-state index contributed by atoms with van der Waals surface area (Å²) in [5.41, 5.74) is 1.08. The summed E-state index contributed by atoms with van der Waals surface area (Å²) in [7, 11) is 0. The van der Waals surface area contributed by atoms with E-state index >= 15 is 0 Å². The average molecular weight is 167 g/mol. The molecule has 0 bridgehead atoms. The van der Waals surface area contributed by atoms with E-state index in [0.717, 1.165) is 31.4 Å². The molecule has 0 aromatic rings. The molecule has 0 aromatic carbocycles. The summed E-state index contributed by atoms with van der Waals surface area (Å²) in [5.74, 6) is 0.536. The van der Waals surface area contributed by atoms with Gasteiger partial charge in [0, 0.05) is 11.6 Å². The summed E-state index contributed by atoms with van der Waals surface area (Å²) in [6.07, 6.45) is 6.16. The third kappa shape index (κ3) is 2.68. The number of hydrogen-bond acceptors (Lipinski definition) is 1.